The summed E-state index contributed by atoms with van der Waals surface area (Å²) in [5.41, 5.74) is 0.869. The zero-order valence-corrected chi connectivity index (χ0v) is 15.1. The third-order valence-corrected chi connectivity index (χ3v) is 5.12. The predicted octanol–water partition coefficient (Wildman–Crippen LogP) is 0.689. The van der Waals surface area contributed by atoms with Gasteiger partial charge in [0.2, 0.25) is 5.91 Å². The standard InChI is InChI=1S/C18H28N4O3/c1-12-16(18(24)20-13(2)19-12)10-17(23)21-14-5-7-22(8-6-14)11-15-4-3-9-25-15/h14-15H,3-11H2,1-2H3,(H,21,23)(H,19,20,24)/t15-/m0/s1. The molecule has 2 N–H and O–H groups in total. The van der Waals surface area contributed by atoms with E-state index in [-0.39, 0.29) is 23.9 Å². The number of aromatic nitrogens is 2. The second-order valence-electron chi connectivity index (χ2n) is 7.17. The average Bonchev–Trinajstić information content (AvgIpc) is 3.06. The second kappa shape index (κ2) is 8.10. The molecule has 0 spiro atoms. The summed E-state index contributed by atoms with van der Waals surface area (Å²) in [6, 6.07) is 0.186. The molecule has 1 amide bonds. The lowest BCUT2D eigenvalue weighted by molar-refractivity contribution is -0.121. The summed E-state index contributed by atoms with van der Waals surface area (Å²) in [6.45, 7) is 7.37. The van der Waals surface area contributed by atoms with Gasteiger partial charge in [-0.1, -0.05) is 0 Å². The number of amides is 1. The van der Waals surface area contributed by atoms with Crippen LogP contribution in [0.2, 0.25) is 0 Å². The van der Waals surface area contributed by atoms with Crippen LogP contribution in [0.5, 0.6) is 0 Å². The Hall–Kier alpha value is -1.73. The smallest absolute Gasteiger partial charge is 0.254 e. The van der Waals surface area contributed by atoms with E-state index >= 15 is 0 Å². The fourth-order valence-electron chi connectivity index (χ4n) is 3.73. The van der Waals surface area contributed by atoms with Crippen molar-refractivity contribution in [2.24, 2.45) is 0 Å². The number of carbonyl (C=O) groups is 1. The molecule has 138 valence electrons. The number of H-pyrrole nitrogens is 1. The molecule has 2 saturated heterocycles. The van der Waals surface area contributed by atoms with Gasteiger partial charge in [0.15, 0.2) is 0 Å². The maximum Gasteiger partial charge on any atom is 0.254 e. The first-order valence-electron chi connectivity index (χ1n) is 9.21. The molecule has 2 fully saturated rings. The van der Waals surface area contributed by atoms with Gasteiger partial charge >= 0.3 is 0 Å². The third kappa shape index (κ3) is 4.89. The van der Waals surface area contributed by atoms with Crippen molar-refractivity contribution in [3.05, 3.63) is 27.4 Å². The van der Waals surface area contributed by atoms with Crippen LogP contribution in [0.25, 0.3) is 0 Å². The van der Waals surface area contributed by atoms with Crippen molar-refractivity contribution in [2.75, 3.05) is 26.2 Å². The minimum atomic E-state index is -0.216. The van der Waals surface area contributed by atoms with Crippen LogP contribution in [0.3, 0.4) is 0 Å². The quantitative estimate of drug-likeness (QED) is 0.817. The van der Waals surface area contributed by atoms with Crippen molar-refractivity contribution in [3.63, 3.8) is 0 Å². The number of aromatic amines is 1. The van der Waals surface area contributed by atoms with Crippen LogP contribution in [0, 0.1) is 13.8 Å². The fourth-order valence-corrected chi connectivity index (χ4v) is 3.73. The molecule has 1 atom stereocenters. The van der Waals surface area contributed by atoms with E-state index in [0.29, 0.717) is 23.2 Å². The SMILES string of the molecule is Cc1nc(C)c(CC(=O)NC2CCN(C[C@@H]3CCCO3)CC2)c(=O)[nH]1. The molecule has 7 nitrogen and oxygen atoms in total. The summed E-state index contributed by atoms with van der Waals surface area (Å²) in [5.74, 6) is 0.474. The highest BCUT2D eigenvalue weighted by Crippen LogP contribution is 2.17. The van der Waals surface area contributed by atoms with Crippen LogP contribution >= 0.6 is 0 Å². The van der Waals surface area contributed by atoms with Gasteiger partial charge in [-0.25, -0.2) is 4.98 Å². The zero-order valence-electron chi connectivity index (χ0n) is 15.1. The van der Waals surface area contributed by atoms with Crippen LogP contribution < -0.4 is 10.9 Å². The first-order valence-corrected chi connectivity index (χ1v) is 9.21. The van der Waals surface area contributed by atoms with Crippen LogP contribution in [-0.4, -0.2) is 59.2 Å². The first-order chi connectivity index (χ1) is 12.0. The minimum Gasteiger partial charge on any atom is -0.377 e. The fraction of sp³-hybridized carbons (Fsp3) is 0.722. The van der Waals surface area contributed by atoms with Crippen molar-refractivity contribution in [2.45, 2.75) is 58.1 Å². The molecule has 7 heteroatoms. The number of carbonyl (C=O) groups excluding carboxylic acids is 1. The van der Waals surface area contributed by atoms with Gasteiger partial charge in [0.05, 0.1) is 12.5 Å². The van der Waals surface area contributed by atoms with E-state index in [1.54, 1.807) is 13.8 Å². The third-order valence-electron chi connectivity index (χ3n) is 5.12. The van der Waals surface area contributed by atoms with Gasteiger partial charge in [0.25, 0.3) is 5.56 Å². The lowest BCUT2D eigenvalue weighted by Gasteiger charge is -2.33. The van der Waals surface area contributed by atoms with Crippen LogP contribution in [0.1, 0.15) is 42.8 Å². The van der Waals surface area contributed by atoms with Gasteiger partial charge in [-0.3, -0.25) is 9.59 Å². The molecule has 2 aliphatic rings. The minimum absolute atomic E-state index is 0.0879. The lowest BCUT2D eigenvalue weighted by Crippen LogP contribution is -2.47. The highest BCUT2D eigenvalue weighted by Gasteiger charge is 2.25. The van der Waals surface area contributed by atoms with Crippen LogP contribution in [0.15, 0.2) is 4.79 Å². The summed E-state index contributed by atoms with van der Waals surface area (Å²) >= 11 is 0. The molecule has 0 aliphatic carbocycles. The van der Waals surface area contributed by atoms with Gasteiger partial charge in [-0.2, -0.15) is 0 Å². The summed E-state index contributed by atoms with van der Waals surface area (Å²) in [7, 11) is 0. The summed E-state index contributed by atoms with van der Waals surface area (Å²) in [6.07, 6.45) is 4.69. The van der Waals surface area contributed by atoms with Gasteiger partial charge in [-0.15, -0.1) is 0 Å². The number of hydrogen-bond acceptors (Lipinski definition) is 5. The Bertz CT molecular complexity index is 659. The maximum absolute atomic E-state index is 12.3. The second-order valence-corrected chi connectivity index (χ2v) is 7.17. The predicted molar refractivity (Wildman–Crippen MR) is 94.6 cm³/mol. The Labute approximate surface area is 148 Å². The van der Waals surface area contributed by atoms with Gasteiger partial charge in [-0.05, 0) is 39.5 Å². The number of aryl methyl sites for hydroxylation is 2. The molecular formula is C18H28N4O3. The van der Waals surface area contributed by atoms with Gasteiger partial charge in [0.1, 0.15) is 5.82 Å². The molecule has 0 radical (unpaired) electrons. The lowest BCUT2D eigenvalue weighted by atomic mass is 10.0. The Morgan fingerprint density at radius 2 is 2.08 bits per heavy atom. The van der Waals surface area contributed by atoms with Crippen LogP contribution in [0.4, 0.5) is 0 Å². The molecule has 3 heterocycles. The highest BCUT2D eigenvalue weighted by molar-refractivity contribution is 5.79. The van der Waals surface area contributed by atoms with E-state index in [2.05, 4.69) is 20.2 Å². The van der Waals surface area contributed by atoms with E-state index in [1.807, 2.05) is 0 Å². The zero-order chi connectivity index (χ0) is 17.8. The van der Waals surface area contributed by atoms with Crippen molar-refractivity contribution >= 4 is 5.91 Å². The van der Waals surface area contributed by atoms with E-state index < -0.39 is 0 Å². The summed E-state index contributed by atoms with van der Waals surface area (Å²) < 4.78 is 5.69. The van der Waals surface area contributed by atoms with Crippen molar-refractivity contribution in [1.29, 1.82) is 0 Å². The van der Waals surface area contributed by atoms with Crippen molar-refractivity contribution in [1.82, 2.24) is 20.2 Å². The Morgan fingerprint density at radius 3 is 2.72 bits per heavy atom. The average molecular weight is 348 g/mol. The Balaban J connectivity index is 1.45. The van der Waals surface area contributed by atoms with E-state index in [4.69, 9.17) is 4.74 Å². The van der Waals surface area contributed by atoms with E-state index in [0.717, 1.165) is 45.5 Å². The summed E-state index contributed by atoms with van der Waals surface area (Å²) in [4.78, 5) is 33.6. The van der Waals surface area contributed by atoms with E-state index in [9.17, 15) is 9.59 Å². The molecular weight excluding hydrogens is 320 g/mol. The number of likely N-dealkylation sites (tertiary alicyclic amines) is 1. The number of ether oxygens (including phenoxy) is 1. The van der Waals surface area contributed by atoms with Crippen LogP contribution in [-0.2, 0) is 16.0 Å². The topological polar surface area (TPSA) is 87.3 Å². The number of rotatable bonds is 5. The largest absolute Gasteiger partial charge is 0.377 e. The summed E-state index contributed by atoms with van der Waals surface area (Å²) in [5, 5.41) is 3.07. The molecule has 0 aromatic carbocycles. The number of piperidine rings is 1. The van der Waals surface area contributed by atoms with Crippen molar-refractivity contribution < 1.29 is 9.53 Å². The molecule has 2 aliphatic heterocycles. The first kappa shape index (κ1) is 18.1. The highest BCUT2D eigenvalue weighted by atomic mass is 16.5. The molecule has 3 rings (SSSR count). The Kier molecular flexibility index (Phi) is 5.86. The molecule has 0 unspecified atom stereocenters. The van der Waals surface area contributed by atoms with Gasteiger partial charge in [0, 0.05) is 43.5 Å². The Morgan fingerprint density at radius 1 is 1.32 bits per heavy atom. The van der Waals surface area contributed by atoms with Gasteiger partial charge < -0.3 is 19.9 Å². The molecule has 1 aromatic heterocycles. The molecule has 0 saturated carbocycles. The number of hydrogen-bond donors (Lipinski definition) is 2. The number of nitrogens with zero attached hydrogens (tertiary/aromatic N) is 2. The monoisotopic (exact) mass is 348 g/mol. The maximum atomic E-state index is 12.3. The molecule has 1 aromatic rings. The normalized spacial score (nSPS) is 22.2. The number of nitrogens with one attached hydrogen (secondary N) is 2. The molecule has 25 heavy (non-hydrogen) atoms. The van der Waals surface area contributed by atoms with E-state index in [1.165, 1.54) is 6.42 Å². The molecule has 0 bridgehead atoms. The van der Waals surface area contributed by atoms with Crippen molar-refractivity contribution in [3.8, 4) is 0 Å².